The molecule has 0 atom stereocenters. The van der Waals surface area contributed by atoms with Gasteiger partial charge >= 0.3 is 12.6 Å². The van der Waals surface area contributed by atoms with Crippen molar-refractivity contribution in [2.45, 2.75) is 13.0 Å². The van der Waals surface area contributed by atoms with Crippen LogP contribution in [-0.2, 0) is 16.0 Å². The van der Waals surface area contributed by atoms with E-state index in [0.29, 0.717) is 17.7 Å². The van der Waals surface area contributed by atoms with Crippen molar-refractivity contribution in [3.05, 3.63) is 53.6 Å². The summed E-state index contributed by atoms with van der Waals surface area (Å²) in [6.45, 7) is -3.11. The summed E-state index contributed by atoms with van der Waals surface area (Å²) in [6.07, 6.45) is 0.420. The summed E-state index contributed by atoms with van der Waals surface area (Å²) in [5, 5.41) is 2.61. The van der Waals surface area contributed by atoms with E-state index in [1.807, 2.05) is 0 Å². The SMILES string of the molecule is COc1ccc(C(=O)OCC(=O)NCCc2ccc(OC(F)F)c(OC)c2)cc1. The Bertz CT molecular complexity index is 826. The van der Waals surface area contributed by atoms with Crippen molar-refractivity contribution in [3.63, 3.8) is 0 Å². The standard InChI is InChI=1S/C20H21F2NO6/c1-26-15-6-4-14(5-7-15)19(25)28-12-18(24)23-10-9-13-3-8-16(29-20(21)22)17(11-13)27-2/h3-8,11,20H,9-10,12H2,1-2H3,(H,23,24). The summed E-state index contributed by atoms with van der Waals surface area (Å²) in [5.41, 5.74) is 1.05. The molecule has 2 aromatic rings. The van der Waals surface area contributed by atoms with Crippen LogP contribution >= 0.6 is 0 Å². The van der Waals surface area contributed by atoms with Gasteiger partial charge in [-0.25, -0.2) is 4.79 Å². The van der Waals surface area contributed by atoms with Crippen molar-refractivity contribution in [1.82, 2.24) is 5.32 Å². The van der Waals surface area contributed by atoms with Gasteiger partial charge in [-0.05, 0) is 48.4 Å². The topological polar surface area (TPSA) is 83.1 Å². The van der Waals surface area contributed by atoms with Gasteiger partial charge in [-0.1, -0.05) is 6.07 Å². The molecule has 0 unspecified atom stereocenters. The van der Waals surface area contributed by atoms with Gasteiger partial charge in [0.25, 0.3) is 5.91 Å². The Balaban J connectivity index is 1.77. The Labute approximate surface area is 166 Å². The number of nitrogens with one attached hydrogen (secondary N) is 1. The van der Waals surface area contributed by atoms with Crippen molar-refractivity contribution in [2.24, 2.45) is 0 Å². The lowest BCUT2D eigenvalue weighted by Crippen LogP contribution is -2.30. The van der Waals surface area contributed by atoms with Crippen LogP contribution in [0.4, 0.5) is 8.78 Å². The van der Waals surface area contributed by atoms with Crippen LogP contribution in [0.2, 0.25) is 0 Å². The first-order chi connectivity index (χ1) is 13.9. The molecule has 0 saturated heterocycles. The predicted octanol–water partition coefficient (Wildman–Crippen LogP) is 2.82. The van der Waals surface area contributed by atoms with Gasteiger partial charge in [0.1, 0.15) is 5.75 Å². The first-order valence-electron chi connectivity index (χ1n) is 8.62. The van der Waals surface area contributed by atoms with Gasteiger partial charge in [0, 0.05) is 6.54 Å². The Kier molecular flexibility index (Phi) is 8.20. The van der Waals surface area contributed by atoms with E-state index in [2.05, 4.69) is 10.1 Å². The van der Waals surface area contributed by atoms with E-state index in [0.717, 1.165) is 5.56 Å². The molecule has 0 saturated carbocycles. The fraction of sp³-hybridized carbons (Fsp3) is 0.300. The molecule has 0 aliphatic heterocycles. The average Bonchev–Trinajstić information content (AvgIpc) is 2.72. The minimum Gasteiger partial charge on any atom is -0.497 e. The van der Waals surface area contributed by atoms with Crippen molar-refractivity contribution < 1.29 is 37.3 Å². The molecule has 29 heavy (non-hydrogen) atoms. The summed E-state index contributed by atoms with van der Waals surface area (Å²) in [6, 6.07) is 10.8. The number of amides is 1. The van der Waals surface area contributed by atoms with Crippen LogP contribution < -0.4 is 19.5 Å². The molecule has 0 radical (unpaired) electrons. The monoisotopic (exact) mass is 409 g/mol. The molecule has 0 aliphatic rings. The zero-order valence-corrected chi connectivity index (χ0v) is 15.9. The number of hydrogen-bond donors (Lipinski definition) is 1. The number of carbonyl (C=O) groups is 2. The normalized spacial score (nSPS) is 10.4. The molecule has 156 valence electrons. The third-order valence-corrected chi connectivity index (χ3v) is 3.84. The average molecular weight is 409 g/mol. The van der Waals surface area contributed by atoms with Gasteiger partial charge in [0.05, 0.1) is 19.8 Å². The van der Waals surface area contributed by atoms with E-state index in [9.17, 15) is 18.4 Å². The highest BCUT2D eigenvalue weighted by atomic mass is 19.3. The van der Waals surface area contributed by atoms with Gasteiger partial charge in [0.2, 0.25) is 0 Å². The summed E-state index contributed by atoms with van der Waals surface area (Å²) < 4.78 is 44.0. The number of carbonyl (C=O) groups excluding carboxylic acids is 2. The lowest BCUT2D eigenvalue weighted by molar-refractivity contribution is -0.124. The van der Waals surface area contributed by atoms with E-state index >= 15 is 0 Å². The van der Waals surface area contributed by atoms with E-state index in [-0.39, 0.29) is 18.0 Å². The van der Waals surface area contributed by atoms with E-state index in [4.69, 9.17) is 14.2 Å². The summed E-state index contributed by atoms with van der Waals surface area (Å²) in [4.78, 5) is 23.7. The van der Waals surface area contributed by atoms with Crippen LogP contribution in [0.3, 0.4) is 0 Å². The molecule has 0 aliphatic carbocycles. The quantitative estimate of drug-likeness (QED) is 0.608. The second-order valence-corrected chi connectivity index (χ2v) is 5.77. The van der Waals surface area contributed by atoms with Crippen molar-refractivity contribution in [1.29, 1.82) is 0 Å². The smallest absolute Gasteiger partial charge is 0.387 e. The van der Waals surface area contributed by atoms with Crippen LogP contribution in [0.15, 0.2) is 42.5 Å². The maximum absolute atomic E-state index is 12.3. The van der Waals surface area contributed by atoms with Gasteiger partial charge in [-0.15, -0.1) is 0 Å². The Morgan fingerprint density at radius 3 is 2.34 bits per heavy atom. The molecule has 9 heteroatoms. The molecular formula is C20H21F2NO6. The lowest BCUT2D eigenvalue weighted by Gasteiger charge is -2.12. The van der Waals surface area contributed by atoms with Crippen molar-refractivity contribution in [3.8, 4) is 17.2 Å². The molecule has 7 nitrogen and oxygen atoms in total. The molecule has 2 aromatic carbocycles. The summed E-state index contributed by atoms with van der Waals surface area (Å²) in [7, 11) is 2.86. The highest BCUT2D eigenvalue weighted by molar-refractivity contribution is 5.91. The van der Waals surface area contributed by atoms with E-state index in [1.54, 1.807) is 24.3 Å². The fourth-order valence-corrected chi connectivity index (χ4v) is 2.40. The van der Waals surface area contributed by atoms with Gasteiger partial charge in [-0.3, -0.25) is 4.79 Å². The molecule has 0 heterocycles. The van der Waals surface area contributed by atoms with Crippen LogP contribution in [0.25, 0.3) is 0 Å². The molecule has 1 amide bonds. The van der Waals surface area contributed by atoms with Gasteiger partial charge in [-0.2, -0.15) is 8.78 Å². The van der Waals surface area contributed by atoms with Crippen LogP contribution in [0.5, 0.6) is 17.2 Å². The minimum absolute atomic E-state index is 0.0688. The fourth-order valence-electron chi connectivity index (χ4n) is 2.40. The lowest BCUT2D eigenvalue weighted by atomic mass is 10.1. The summed E-state index contributed by atoms with van der Waals surface area (Å²) in [5.74, 6) is -0.383. The second kappa shape index (κ2) is 10.8. The van der Waals surface area contributed by atoms with Gasteiger partial charge < -0.3 is 24.3 Å². The number of esters is 1. The number of rotatable bonds is 10. The third-order valence-electron chi connectivity index (χ3n) is 3.84. The number of halogens is 2. The zero-order chi connectivity index (χ0) is 21.2. The number of hydrogen-bond acceptors (Lipinski definition) is 6. The number of methoxy groups -OCH3 is 2. The van der Waals surface area contributed by atoms with E-state index in [1.165, 1.54) is 32.4 Å². The minimum atomic E-state index is -2.95. The Morgan fingerprint density at radius 1 is 1.00 bits per heavy atom. The maximum Gasteiger partial charge on any atom is 0.387 e. The van der Waals surface area contributed by atoms with Crippen LogP contribution in [0, 0.1) is 0 Å². The second-order valence-electron chi connectivity index (χ2n) is 5.77. The Morgan fingerprint density at radius 2 is 1.72 bits per heavy atom. The number of benzene rings is 2. The van der Waals surface area contributed by atoms with Crippen molar-refractivity contribution in [2.75, 3.05) is 27.4 Å². The third kappa shape index (κ3) is 6.95. The summed E-state index contributed by atoms with van der Waals surface area (Å²) >= 11 is 0. The predicted molar refractivity (Wildman–Crippen MR) is 99.6 cm³/mol. The molecule has 0 bridgehead atoms. The Hall–Kier alpha value is -3.36. The zero-order valence-electron chi connectivity index (χ0n) is 15.9. The molecule has 0 fully saturated rings. The van der Waals surface area contributed by atoms with Crippen LogP contribution in [0.1, 0.15) is 15.9 Å². The molecule has 1 N–H and O–H groups in total. The maximum atomic E-state index is 12.3. The number of alkyl halides is 2. The van der Waals surface area contributed by atoms with E-state index < -0.39 is 25.1 Å². The molecular weight excluding hydrogens is 388 g/mol. The van der Waals surface area contributed by atoms with Gasteiger partial charge in [0.15, 0.2) is 18.1 Å². The highest BCUT2D eigenvalue weighted by Crippen LogP contribution is 2.29. The number of ether oxygens (including phenoxy) is 4. The van der Waals surface area contributed by atoms with Crippen molar-refractivity contribution >= 4 is 11.9 Å². The largest absolute Gasteiger partial charge is 0.497 e. The molecule has 2 rings (SSSR count). The van der Waals surface area contributed by atoms with Crippen LogP contribution in [-0.4, -0.2) is 45.9 Å². The highest BCUT2D eigenvalue weighted by Gasteiger charge is 2.12. The first-order valence-corrected chi connectivity index (χ1v) is 8.62. The molecule has 0 spiro atoms. The molecule has 0 aromatic heterocycles. The first kappa shape index (κ1) is 21.9.